The molecule has 0 atom stereocenters. The van der Waals surface area contributed by atoms with Gasteiger partial charge in [-0.1, -0.05) is 24.6 Å². The van der Waals surface area contributed by atoms with Gasteiger partial charge in [-0.05, 0) is 68.8 Å². The highest BCUT2D eigenvalue weighted by atomic mass is 35.5. The van der Waals surface area contributed by atoms with Crippen molar-refractivity contribution in [1.29, 1.82) is 0 Å². The van der Waals surface area contributed by atoms with Gasteiger partial charge in [-0.2, -0.15) is 5.10 Å². The minimum atomic E-state index is -0.188. The summed E-state index contributed by atoms with van der Waals surface area (Å²) in [7, 11) is 3.71. The molecule has 0 fully saturated rings. The van der Waals surface area contributed by atoms with Crippen LogP contribution in [0.5, 0.6) is 0 Å². The van der Waals surface area contributed by atoms with Crippen LogP contribution in [0.25, 0.3) is 22.3 Å². The van der Waals surface area contributed by atoms with E-state index >= 15 is 0 Å². The molecule has 0 radical (unpaired) electrons. The zero-order valence-electron chi connectivity index (χ0n) is 20.9. The molecule has 2 aromatic carbocycles. The minimum Gasteiger partial charge on any atom is -0.336 e. The number of fused-ring (bicyclic) bond motifs is 1. The average molecular weight is 491 g/mol. The van der Waals surface area contributed by atoms with Crippen LogP contribution in [0.2, 0.25) is 5.02 Å². The van der Waals surface area contributed by atoms with Crippen LogP contribution in [-0.2, 0) is 26.1 Å². The number of halogens is 1. The van der Waals surface area contributed by atoms with Gasteiger partial charge < -0.3 is 10.2 Å². The van der Waals surface area contributed by atoms with Crippen LogP contribution in [0.4, 0.5) is 0 Å². The topological polar surface area (TPSA) is 75.9 Å². The van der Waals surface area contributed by atoms with E-state index in [0.29, 0.717) is 34.0 Å². The fraction of sp³-hybridized carbons (Fsp3) is 0.333. The van der Waals surface area contributed by atoms with Gasteiger partial charge in [-0.15, -0.1) is 0 Å². The molecule has 7 nitrogen and oxygen atoms in total. The number of aromatic nitrogens is 4. The maximum Gasteiger partial charge on any atom is 0.273 e. The molecule has 1 N–H and O–H groups in total. The van der Waals surface area contributed by atoms with Crippen molar-refractivity contribution in [3.63, 3.8) is 0 Å². The normalized spacial score (nSPS) is 11.3. The number of carbonyl (C=O) groups is 1. The number of carbonyl (C=O) groups excluding carboxylic acids is 1. The predicted molar refractivity (Wildman–Crippen MR) is 141 cm³/mol. The zero-order valence-corrected chi connectivity index (χ0v) is 21.6. The van der Waals surface area contributed by atoms with Gasteiger partial charge in [0.1, 0.15) is 5.69 Å². The number of amides is 1. The SMILES string of the molecule is CCc1cc(CNC)cc(-c2nc(C(=O)N(C)Cc3cnn(CC)c3C)c3cc(Cl)ccc3n2)c1. The van der Waals surface area contributed by atoms with Crippen molar-refractivity contribution in [3.8, 4) is 11.4 Å². The van der Waals surface area contributed by atoms with Crippen LogP contribution in [-0.4, -0.2) is 44.7 Å². The maximum atomic E-state index is 13.7. The molecule has 8 heteroatoms. The lowest BCUT2D eigenvalue weighted by Gasteiger charge is -2.18. The summed E-state index contributed by atoms with van der Waals surface area (Å²) in [6.07, 6.45) is 2.72. The van der Waals surface area contributed by atoms with E-state index in [1.54, 1.807) is 24.1 Å². The third kappa shape index (κ3) is 5.21. The number of nitrogens with zero attached hydrogens (tertiary/aromatic N) is 5. The first kappa shape index (κ1) is 24.8. The van der Waals surface area contributed by atoms with E-state index in [9.17, 15) is 4.79 Å². The molecule has 0 aliphatic carbocycles. The number of aryl methyl sites for hydroxylation is 2. The van der Waals surface area contributed by atoms with Crippen LogP contribution in [0.3, 0.4) is 0 Å². The van der Waals surface area contributed by atoms with E-state index in [1.807, 2.05) is 37.8 Å². The molecule has 2 aromatic heterocycles. The van der Waals surface area contributed by atoms with Crippen molar-refractivity contribution in [1.82, 2.24) is 30.0 Å². The van der Waals surface area contributed by atoms with E-state index in [2.05, 4.69) is 35.5 Å². The molecule has 182 valence electrons. The smallest absolute Gasteiger partial charge is 0.273 e. The van der Waals surface area contributed by atoms with Crippen molar-refractivity contribution in [2.24, 2.45) is 0 Å². The molecule has 2 heterocycles. The third-order valence-corrected chi connectivity index (χ3v) is 6.45. The fourth-order valence-electron chi connectivity index (χ4n) is 4.26. The molecule has 0 spiro atoms. The summed E-state index contributed by atoms with van der Waals surface area (Å²) in [6, 6.07) is 11.7. The molecule has 0 aliphatic rings. The van der Waals surface area contributed by atoms with E-state index in [-0.39, 0.29) is 5.91 Å². The van der Waals surface area contributed by atoms with Crippen molar-refractivity contribution in [2.75, 3.05) is 14.1 Å². The lowest BCUT2D eigenvalue weighted by Crippen LogP contribution is -2.27. The fourth-order valence-corrected chi connectivity index (χ4v) is 4.43. The van der Waals surface area contributed by atoms with E-state index < -0.39 is 0 Å². The molecule has 4 aromatic rings. The van der Waals surface area contributed by atoms with Gasteiger partial charge in [0.25, 0.3) is 5.91 Å². The Labute approximate surface area is 211 Å². The van der Waals surface area contributed by atoms with Crippen molar-refractivity contribution < 1.29 is 4.79 Å². The van der Waals surface area contributed by atoms with Gasteiger partial charge in [0.05, 0.1) is 11.7 Å². The highest BCUT2D eigenvalue weighted by Gasteiger charge is 2.21. The van der Waals surface area contributed by atoms with Crippen molar-refractivity contribution in [3.05, 3.63) is 75.7 Å². The van der Waals surface area contributed by atoms with Crippen LogP contribution in [0.1, 0.15) is 46.7 Å². The second kappa shape index (κ2) is 10.5. The number of hydrogen-bond acceptors (Lipinski definition) is 5. The van der Waals surface area contributed by atoms with E-state index in [4.69, 9.17) is 21.6 Å². The van der Waals surface area contributed by atoms with Gasteiger partial charge in [-0.3, -0.25) is 9.48 Å². The van der Waals surface area contributed by atoms with Crippen LogP contribution in [0, 0.1) is 6.92 Å². The lowest BCUT2D eigenvalue weighted by atomic mass is 10.0. The second-order valence-corrected chi connectivity index (χ2v) is 9.15. The standard InChI is InChI=1S/C27H31ClN6O/c1-6-18-10-19(14-29-4)12-20(11-18)26-31-24-9-8-22(28)13-23(24)25(32-26)27(35)33(5)16-21-15-30-34(7-2)17(21)3/h8-13,15,29H,6-7,14,16H2,1-5H3. The van der Waals surface area contributed by atoms with Crippen LogP contribution in [0.15, 0.2) is 42.6 Å². The van der Waals surface area contributed by atoms with Crippen molar-refractivity contribution >= 4 is 28.4 Å². The molecule has 35 heavy (non-hydrogen) atoms. The first-order chi connectivity index (χ1) is 16.8. The largest absolute Gasteiger partial charge is 0.336 e. The van der Waals surface area contributed by atoms with Gasteiger partial charge >= 0.3 is 0 Å². The molecule has 1 amide bonds. The summed E-state index contributed by atoms with van der Waals surface area (Å²) in [5, 5.41) is 8.79. The summed E-state index contributed by atoms with van der Waals surface area (Å²) < 4.78 is 1.93. The lowest BCUT2D eigenvalue weighted by molar-refractivity contribution is 0.0781. The van der Waals surface area contributed by atoms with Crippen LogP contribution < -0.4 is 5.32 Å². The van der Waals surface area contributed by atoms with Gasteiger partial charge in [0.15, 0.2) is 5.82 Å². The summed E-state index contributed by atoms with van der Waals surface area (Å²) in [5.74, 6) is 0.339. The maximum absolute atomic E-state index is 13.7. The Morgan fingerprint density at radius 2 is 1.89 bits per heavy atom. The van der Waals surface area contributed by atoms with E-state index in [1.165, 1.54) is 5.56 Å². The molecular formula is C27H31ClN6O. The quantitative estimate of drug-likeness (QED) is 0.375. The van der Waals surface area contributed by atoms with Gasteiger partial charge in [-0.25, -0.2) is 9.97 Å². The molecule has 0 saturated carbocycles. The Kier molecular flexibility index (Phi) is 7.48. The number of nitrogens with one attached hydrogen (secondary N) is 1. The molecule has 0 unspecified atom stereocenters. The molecular weight excluding hydrogens is 460 g/mol. The Morgan fingerprint density at radius 3 is 2.57 bits per heavy atom. The van der Waals surface area contributed by atoms with Crippen molar-refractivity contribution in [2.45, 2.75) is 46.8 Å². The molecule has 0 bridgehead atoms. The Balaban J connectivity index is 1.79. The molecule has 4 rings (SSSR count). The Morgan fingerprint density at radius 1 is 1.11 bits per heavy atom. The Hall–Kier alpha value is -3.29. The Bertz CT molecular complexity index is 1380. The number of rotatable bonds is 8. The summed E-state index contributed by atoms with van der Waals surface area (Å²) >= 11 is 6.30. The highest BCUT2D eigenvalue weighted by molar-refractivity contribution is 6.31. The summed E-state index contributed by atoms with van der Waals surface area (Å²) in [4.78, 5) is 25.0. The predicted octanol–water partition coefficient (Wildman–Crippen LogP) is 5.03. The summed E-state index contributed by atoms with van der Waals surface area (Å²) in [5.41, 5.74) is 6.32. The third-order valence-electron chi connectivity index (χ3n) is 6.22. The van der Waals surface area contributed by atoms with E-state index in [0.717, 1.165) is 41.9 Å². The first-order valence-corrected chi connectivity index (χ1v) is 12.2. The van der Waals surface area contributed by atoms with Gasteiger partial charge in [0, 0.05) is 53.9 Å². The highest BCUT2D eigenvalue weighted by Crippen LogP contribution is 2.27. The molecule has 0 aliphatic heterocycles. The monoisotopic (exact) mass is 490 g/mol. The number of hydrogen-bond donors (Lipinski definition) is 1. The van der Waals surface area contributed by atoms with Crippen LogP contribution >= 0.6 is 11.6 Å². The minimum absolute atomic E-state index is 0.188. The average Bonchev–Trinajstić information content (AvgIpc) is 3.21. The zero-order chi connectivity index (χ0) is 25.1. The summed E-state index contributed by atoms with van der Waals surface area (Å²) in [6.45, 7) is 8.15. The second-order valence-electron chi connectivity index (χ2n) is 8.71. The first-order valence-electron chi connectivity index (χ1n) is 11.9. The number of benzene rings is 2. The van der Waals surface area contributed by atoms with Gasteiger partial charge in [0.2, 0.25) is 0 Å². The molecule has 0 saturated heterocycles.